The number of hydrogen-bond acceptors (Lipinski definition) is 3. The first-order valence-electron chi connectivity index (χ1n) is 8.62. The van der Waals surface area contributed by atoms with Crippen LogP contribution in [0.1, 0.15) is 5.56 Å². The zero-order valence-electron chi connectivity index (χ0n) is 14.8. The van der Waals surface area contributed by atoms with Crippen molar-refractivity contribution in [2.75, 3.05) is 36.4 Å². The number of nitrogens with zero attached hydrogens (tertiary/aromatic N) is 2. The van der Waals surface area contributed by atoms with Gasteiger partial charge in [0, 0.05) is 43.4 Å². The summed E-state index contributed by atoms with van der Waals surface area (Å²) in [6.45, 7) is 4.29. The predicted octanol–water partition coefficient (Wildman–Crippen LogP) is 5.62. The molecule has 9 heteroatoms. The first-order chi connectivity index (χ1) is 13.2. The smallest absolute Gasteiger partial charge is 0.276 e. The number of amides is 1. The van der Waals surface area contributed by atoms with Crippen molar-refractivity contribution >= 4 is 75.3 Å². The molecule has 1 fully saturated rings. The highest BCUT2D eigenvalue weighted by molar-refractivity contribution is 6.76. The number of rotatable bonds is 4. The Balaban J connectivity index is 1.60. The van der Waals surface area contributed by atoms with Gasteiger partial charge in [-0.05, 0) is 29.8 Å². The quantitative estimate of drug-likeness (QED) is 0.576. The van der Waals surface area contributed by atoms with Gasteiger partial charge in [-0.1, -0.05) is 76.2 Å². The van der Waals surface area contributed by atoms with Crippen LogP contribution in [0.4, 0.5) is 11.4 Å². The van der Waals surface area contributed by atoms with E-state index < -0.39 is 9.70 Å². The van der Waals surface area contributed by atoms with Gasteiger partial charge >= 0.3 is 0 Å². The molecule has 1 amide bonds. The second-order valence-electron chi connectivity index (χ2n) is 6.47. The van der Waals surface area contributed by atoms with Gasteiger partial charge in [0.25, 0.3) is 9.70 Å². The van der Waals surface area contributed by atoms with Crippen LogP contribution in [0.3, 0.4) is 0 Å². The second kappa shape index (κ2) is 9.29. The van der Waals surface area contributed by atoms with Crippen molar-refractivity contribution in [3.05, 3.63) is 58.1 Å². The van der Waals surface area contributed by atoms with Crippen molar-refractivity contribution in [1.82, 2.24) is 4.90 Å². The van der Waals surface area contributed by atoms with E-state index in [1.807, 2.05) is 24.3 Å². The number of benzene rings is 2. The molecular formula is C19H18Cl5N3O. The molecule has 3 rings (SSSR count). The Morgan fingerprint density at radius 2 is 1.64 bits per heavy atom. The summed E-state index contributed by atoms with van der Waals surface area (Å²) in [4.78, 5) is 16.3. The number of hydrogen-bond donors (Lipinski definition) is 1. The van der Waals surface area contributed by atoms with Crippen molar-refractivity contribution < 1.29 is 4.79 Å². The number of piperazine rings is 1. The van der Waals surface area contributed by atoms with Crippen molar-refractivity contribution in [1.29, 1.82) is 0 Å². The fourth-order valence-electron chi connectivity index (χ4n) is 3.06. The molecule has 28 heavy (non-hydrogen) atoms. The van der Waals surface area contributed by atoms with Gasteiger partial charge in [0.1, 0.15) is 0 Å². The lowest BCUT2D eigenvalue weighted by atomic mass is 10.2. The number of carbonyl (C=O) groups is 1. The Morgan fingerprint density at radius 1 is 0.964 bits per heavy atom. The van der Waals surface area contributed by atoms with E-state index in [4.69, 9.17) is 58.0 Å². The summed E-state index contributed by atoms with van der Waals surface area (Å²) in [5.74, 6) is -0.727. The average Bonchev–Trinajstić information content (AvgIpc) is 2.64. The molecule has 0 atom stereocenters. The maximum atomic E-state index is 11.8. The molecule has 150 valence electrons. The van der Waals surface area contributed by atoms with Crippen molar-refractivity contribution in [3.8, 4) is 0 Å². The van der Waals surface area contributed by atoms with E-state index in [0.717, 1.165) is 49.0 Å². The zero-order chi connectivity index (χ0) is 20.3. The standard InChI is InChI=1S/C19H18Cl5N3O/c20-15-4-2-1-3-13(15)12-26-7-9-27(10-8-26)17-6-5-14(11-16(17)21)25-18(28)19(22,23)24/h1-6,11H,7-10,12H2,(H,25,28). The third-order valence-electron chi connectivity index (χ3n) is 4.53. The SMILES string of the molecule is O=C(Nc1ccc(N2CCN(Cc3ccccc3Cl)CC2)c(Cl)c1)C(Cl)(Cl)Cl. The van der Waals surface area contributed by atoms with Gasteiger partial charge in [0.2, 0.25) is 0 Å². The maximum absolute atomic E-state index is 11.8. The molecule has 2 aromatic carbocycles. The predicted molar refractivity (Wildman–Crippen MR) is 119 cm³/mol. The molecule has 1 aliphatic heterocycles. The van der Waals surface area contributed by atoms with E-state index in [1.165, 1.54) is 0 Å². The summed E-state index contributed by atoms with van der Waals surface area (Å²) in [6, 6.07) is 13.2. The maximum Gasteiger partial charge on any atom is 0.276 e. The van der Waals surface area contributed by atoms with Crippen LogP contribution in [0.25, 0.3) is 0 Å². The summed E-state index contributed by atoms with van der Waals surface area (Å²) in [6.07, 6.45) is 0. The number of halogens is 5. The molecule has 1 N–H and O–H groups in total. The van der Waals surface area contributed by atoms with Gasteiger partial charge in [-0.3, -0.25) is 9.69 Å². The van der Waals surface area contributed by atoms with Crippen LogP contribution in [-0.4, -0.2) is 40.8 Å². The lowest BCUT2D eigenvalue weighted by molar-refractivity contribution is -0.115. The molecule has 1 saturated heterocycles. The molecule has 0 aromatic heterocycles. The highest BCUT2D eigenvalue weighted by Crippen LogP contribution is 2.32. The molecule has 0 spiro atoms. The van der Waals surface area contributed by atoms with E-state index in [0.29, 0.717) is 10.7 Å². The average molecular weight is 482 g/mol. The minimum Gasteiger partial charge on any atom is -0.368 e. The van der Waals surface area contributed by atoms with Gasteiger partial charge in [-0.2, -0.15) is 0 Å². The topological polar surface area (TPSA) is 35.6 Å². The third kappa shape index (κ3) is 5.59. The van der Waals surface area contributed by atoms with E-state index in [1.54, 1.807) is 12.1 Å². The molecule has 0 radical (unpaired) electrons. The van der Waals surface area contributed by atoms with Gasteiger partial charge in [0.15, 0.2) is 0 Å². The van der Waals surface area contributed by atoms with Crippen molar-refractivity contribution in [2.45, 2.75) is 10.3 Å². The largest absolute Gasteiger partial charge is 0.368 e. The fourth-order valence-corrected chi connectivity index (χ4v) is 3.69. The van der Waals surface area contributed by atoms with Crippen molar-refractivity contribution in [3.63, 3.8) is 0 Å². The number of nitrogens with one attached hydrogen (secondary N) is 1. The molecule has 1 heterocycles. The van der Waals surface area contributed by atoms with Crippen LogP contribution in [0.15, 0.2) is 42.5 Å². The second-order valence-corrected chi connectivity index (χ2v) is 9.57. The fraction of sp³-hybridized carbons (Fsp3) is 0.316. The summed E-state index contributed by atoms with van der Waals surface area (Å²) < 4.78 is -2.02. The highest BCUT2D eigenvalue weighted by Gasteiger charge is 2.30. The molecule has 4 nitrogen and oxygen atoms in total. The van der Waals surface area contributed by atoms with E-state index in [2.05, 4.69) is 21.2 Å². The summed E-state index contributed by atoms with van der Waals surface area (Å²) >= 11 is 29.4. The lowest BCUT2D eigenvalue weighted by Crippen LogP contribution is -2.46. The molecule has 1 aliphatic rings. The molecule has 0 saturated carbocycles. The first kappa shape index (κ1) is 21.8. The third-order valence-corrected chi connectivity index (χ3v) is 5.71. The molecule has 0 unspecified atom stereocenters. The minimum atomic E-state index is -2.02. The molecular weight excluding hydrogens is 463 g/mol. The first-order valence-corrected chi connectivity index (χ1v) is 10.5. The highest BCUT2D eigenvalue weighted by atomic mass is 35.6. The van der Waals surface area contributed by atoms with Crippen molar-refractivity contribution in [2.24, 2.45) is 0 Å². The number of carbonyl (C=O) groups excluding carboxylic acids is 1. The summed E-state index contributed by atoms with van der Waals surface area (Å²) in [7, 11) is 0. The van der Waals surface area contributed by atoms with Crippen LogP contribution >= 0.6 is 58.0 Å². The molecule has 0 bridgehead atoms. The lowest BCUT2D eigenvalue weighted by Gasteiger charge is -2.36. The minimum absolute atomic E-state index is 0.474. The molecule has 0 aliphatic carbocycles. The number of anilines is 2. The van der Waals surface area contributed by atoms with E-state index >= 15 is 0 Å². The van der Waals surface area contributed by atoms with Gasteiger partial charge in [-0.15, -0.1) is 0 Å². The van der Waals surface area contributed by atoms with E-state index in [-0.39, 0.29) is 0 Å². The van der Waals surface area contributed by atoms with Gasteiger partial charge < -0.3 is 10.2 Å². The Morgan fingerprint density at radius 3 is 2.25 bits per heavy atom. The number of alkyl halides is 3. The zero-order valence-corrected chi connectivity index (χ0v) is 18.5. The van der Waals surface area contributed by atoms with Gasteiger partial charge in [-0.25, -0.2) is 0 Å². The Bertz CT molecular complexity index is 848. The Kier molecular flexibility index (Phi) is 7.24. The Hall–Kier alpha value is -0.880. The monoisotopic (exact) mass is 479 g/mol. The van der Waals surface area contributed by atoms with E-state index in [9.17, 15) is 4.79 Å². The van der Waals surface area contributed by atoms with Crippen LogP contribution in [-0.2, 0) is 11.3 Å². The summed E-state index contributed by atoms with van der Waals surface area (Å²) in [5.41, 5.74) is 2.51. The normalized spacial score (nSPS) is 15.5. The van der Waals surface area contributed by atoms with Crippen LogP contribution < -0.4 is 10.2 Å². The molecule has 2 aromatic rings. The van der Waals surface area contributed by atoms with Gasteiger partial charge in [0.05, 0.1) is 10.7 Å². The summed E-state index contributed by atoms with van der Waals surface area (Å²) in [5, 5.41) is 3.86. The van der Waals surface area contributed by atoms with Crippen LogP contribution in [0.5, 0.6) is 0 Å². The van der Waals surface area contributed by atoms with Crippen LogP contribution in [0, 0.1) is 0 Å². The van der Waals surface area contributed by atoms with Crippen LogP contribution in [0.2, 0.25) is 10.0 Å². The Labute approximate surface area is 189 Å².